The summed E-state index contributed by atoms with van der Waals surface area (Å²) in [6.07, 6.45) is -0.904. The summed E-state index contributed by atoms with van der Waals surface area (Å²) in [5, 5.41) is 21.5. The summed E-state index contributed by atoms with van der Waals surface area (Å²) in [7, 11) is -3.31. The van der Waals surface area contributed by atoms with Crippen molar-refractivity contribution < 1.29 is 23.4 Å². The Morgan fingerprint density at radius 2 is 2.04 bits per heavy atom. The predicted octanol–water partition coefficient (Wildman–Crippen LogP) is 0.0819. The van der Waals surface area contributed by atoms with Gasteiger partial charge in [-0.2, -0.15) is 0 Å². The molecular formula is C15H24N2O5S. The molecule has 0 aromatic heterocycles. The Kier molecular flexibility index (Phi) is 6.23. The van der Waals surface area contributed by atoms with E-state index < -0.39 is 15.9 Å². The van der Waals surface area contributed by atoms with Crippen LogP contribution in [0.2, 0.25) is 0 Å². The van der Waals surface area contributed by atoms with Crippen molar-refractivity contribution in [1.29, 1.82) is 0 Å². The fraction of sp³-hybridized carbons (Fsp3) is 0.600. The molecule has 0 spiro atoms. The number of nitrogens with one attached hydrogen (secondary N) is 1. The quantitative estimate of drug-likeness (QED) is 0.644. The fourth-order valence-electron chi connectivity index (χ4n) is 2.39. The third kappa shape index (κ3) is 4.57. The maximum atomic E-state index is 12.1. The van der Waals surface area contributed by atoms with E-state index in [0.717, 1.165) is 18.8 Å². The Balaban J connectivity index is 2.32. The Labute approximate surface area is 136 Å². The highest BCUT2D eigenvalue weighted by Gasteiger charge is 2.19. The maximum Gasteiger partial charge on any atom is 0.178 e. The molecule has 1 unspecified atom stereocenters. The van der Waals surface area contributed by atoms with Crippen molar-refractivity contribution in [3.8, 4) is 0 Å². The first-order valence-electron chi connectivity index (χ1n) is 7.70. The second-order valence-corrected chi connectivity index (χ2v) is 7.68. The summed E-state index contributed by atoms with van der Waals surface area (Å²) < 4.78 is 29.5. The van der Waals surface area contributed by atoms with Crippen molar-refractivity contribution in [2.75, 3.05) is 55.4 Å². The lowest BCUT2D eigenvalue weighted by atomic mass is 10.2. The fourth-order valence-corrected chi connectivity index (χ4v) is 3.30. The first kappa shape index (κ1) is 18.0. The molecule has 1 saturated heterocycles. The number of hydrogen-bond acceptors (Lipinski definition) is 7. The molecule has 1 aromatic rings. The highest BCUT2D eigenvalue weighted by molar-refractivity contribution is 7.91. The molecule has 8 heteroatoms. The van der Waals surface area contributed by atoms with Gasteiger partial charge in [0, 0.05) is 19.6 Å². The second-order valence-electron chi connectivity index (χ2n) is 5.40. The van der Waals surface area contributed by atoms with Gasteiger partial charge in [-0.25, -0.2) is 8.42 Å². The number of benzene rings is 1. The molecule has 0 radical (unpaired) electrons. The van der Waals surface area contributed by atoms with Gasteiger partial charge in [0.25, 0.3) is 0 Å². The molecule has 0 amide bonds. The van der Waals surface area contributed by atoms with E-state index >= 15 is 0 Å². The Morgan fingerprint density at radius 1 is 1.35 bits per heavy atom. The molecule has 1 aliphatic heterocycles. The van der Waals surface area contributed by atoms with Gasteiger partial charge >= 0.3 is 0 Å². The van der Waals surface area contributed by atoms with Crippen LogP contribution in [0.15, 0.2) is 23.1 Å². The standard InChI is InChI=1S/C15H24N2O5S/c1-2-23(20,21)13-3-4-15(17-5-7-22-8-6-17)14(9-13)16-10-12(19)11-18/h3-4,9,12,16,18-19H,2,5-8,10-11H2,1H3. The third-order valence-corrected chi connectivity index (χ3v) is 5.53. The number of sulfone groups is 1. The third-order valence-electron chi connectivity index (χ3n) is 3.80. The monoisotopic (exact) mass is 344 g/mol. The van der Waals surface area contributed by atoms with E-state index in [4.69, 9.17) is 9.84 Å². The minimum absolute atomic E-state index is 0.0304. The van der Waals surface area contributed by atoms with Crippen LogP contribution < -0.4 is 10.2 Å². The second kappa shape index (κ2) is 7.96. The molecule has 130 valence electrons. The van der Waals surface area contributed by atoms with Gasteiger partial charge in [0.05, 0.1) is 47.9 Å². The summed E-state index contributed by atoms with van der Waals surface area (Å²) in [6, 6.07) is 4.98. The van der Waals surface area contributed by atoms with Gasteiger partial charge in [-0.05, 0) is 18.2 Å². The molecule has 1 heterocycles. The van der Waals surface area contributed by atoms with Crippen LogP contribution in [0.4, 0.5) is 11.4 Å². The van der Waals surface area contributed by atoms with Gasteiger partial charge in [0.15, 0.2) is 9.84 Å². The molecular weight excluding hydrogens is 320 g/mol. The molecule has 1 fully saturated rings. The zero-order valence-electron chi connectivity index (χ0n) is 13.2. The Bertz CT molecular complexity index is 614. The molecule has 1 atom stereocenters. The highest BCUT2D eigenvalue weighted by Crippen LogP contribution is 2.30. The van der Waals surface area contributed by atoms with Gasteiger partial charge in [-0.1, -0.05) is 6.92 Å². The number of morpholine rings is 1. The van der Waals surface area contributed by atoms with Crippen LogP contribution in [0, 0.1) is 0 Å². The van der Waals surface area contributed by atoms with E-state index in [9.17, 15) is 13.5 Å². The number of hydrogen-bond donors (Lipinski definition) is 3. The molecule has 0 saturated carbocycles. The topological polar surface area (TPSA) is 99.1 Å². The van der Waals surface area contributed by atoms with Crippen LogP contribution in [0.5, 0.6) is 0 Å². The summed E-state index contributed by atoms with van der Waals surface area (Å²) >= 11 is 0. The van der Waals surface area contributed by atoms with Gasteiger partial charge in [-0.3, -0.25) is 0 Å². The van der Waals surface area contributed by atoms with E-state index in [1.165, 1.54) is 0 Å². The molecule has 1 aromatic carbocycles. The summed E-state index contributed by atoms with van der Waals surface area (Å²) in [6.45, 7) is 4.07. The van der Waals surface area contributed by atoms with E-state index in [0.29, 0.717) is 18.9 Å². The first-order chi connectivity index (χ1) is 11.0. The first-order valence-corrected chi connectivity index (χ1v) is 9.35. The zero-order chi connectivity index (χ0) is 16.9. The van der Waals surface area contributed by atoms with Crippen molar-refractivity contribution in [2.24, 2.45) is 0 Å². The summed E-state index contributed by atoms with van der Waals surface area (Å²) in [4.78, 5) is 2.36. The Morgan fingerprint density at radius 3 is 2.65 bits per heavy atom. The molecule has 0 bridgehead atoms. The van der Waals surface area contributed by atoms with Crippen molar-refractivity contribution >= 4 is 21.2 Å². The number of nitrogens with zero attached hydrogens (tertiary/aromatic N) is 1. The number of aliphatic hydroxyl groups excluding tert-OH is 2. The molecule has 23 heavy (non-hydrogen) atoms. The lowest BCUT2D eigenvalue weighted by Gasteiger charge is -2.31. The van der Waals surface area contributed by atoms with Crippen LogP contribution in [0.25, 0.3) is 0 Å². The minimum Gasteiger partial charge on any atom is -0.394 e. The zero-order valence-corrected chi connectivity index (χ0v) is 14.1. The van der Waals surface area contributed by atoms with Crippen molar-refractivity contribution in [2.45, 2.75) is 17.9 Å². The van der Waals surface area contributed by atoms with E-state index in [1.807, 2.05) is 0 Å². The molecule has 2 rings (SSSR count). The van der Waals surface area contributed by atoms with E-state index in [-0.39, 0.29) is 23.8 Å². The SMILES string of the molecule is CCS(=O)(=O)c1ccc(N2CCOCC2)c(NCC(O)CO)c1. The smallest absolute Gasteiger partial charge is 0.178 e. The Hall–Kier alpha value is -1.35. The van der Waals surface area contributed by atoms with Crippen molar-refractivity contribution in [3.05, 3.63) is 18.2 Å². The van der Waals surface area contributed by atoms with Crippen molar-refractivity contribution in [1.82, 2.24) is 0 Å². The summed E-state index contributed by atoms with van der Waals surface area (Å²) in [5.74, 6) is 0.0304. The van der Waals surface area contributed by atoms with Crippen molar-refractivity contribution in [3.63, 3.8) is 0 Å². The number of rotatable bonds is 7. The van der Waals surface area contributed by atoms with Gasteiger partial charge in [-0.15, -0.1) is 0 Å². The van der Waals surface area contributed by atoms with Crippen LogP contribution in [0.1, 0.15) is 6.92 Å². The summed E-state index contributed by atoms with van der Waals surface area (Å²) in [5.41, 5.74) is 1.50. The maximum absolute atomic E-state index is 12.1. The molecule has 7 nitrogen and oxygen atoms in total. The van der Waals surface area contributed by atoms with Crippen LogP contribution in [-0.4, -0.2) is 69.9 Å². The van der Waals surface area contributed by atoms with Crippen LogP contribution in [-0.2, 0) is 14.6 Å². The highest BCUT2D eigenvalue weighted by atomic mass is 32.2. The van der Waals surface area contributed by atoms with Crippen LogP contribution >= 0.6 is 0 Å². The molecule has 3 N–H and O–H groups in total. The lowest BCUT2D eigenvalue weighted by Crippen LogP contribution is -2.37. The van der Waals surface area contributed by atoms with E-state index in [2.05, 4.69) is 10.2 Å². The number of anilines is 2. The van der Waals surface area contributed by atoms with Crippen LogP contribution in [0.3, 0.4) is 0 Å². The van der Waals surface area contributed by atoms with Gasteiger partial charge in [0.1, 0.15) is 0 Å². The van der Waals surface area contributed by atoms with Gasteiger partial charge < -0.3 is 25.2 Å². The largest absolute Gasteiger partial charge is 0.394 e. The average Bonchev–Trinajstić information content (AvgIpc) is 2.60. The normalized spacial score (nSPS) is 17.1. The predicted molar refractivity (Wildman–Crippen MR) is 88.8 cm³/mol. The molecule has 0 aliphatic carbocycles. The average molecular weight is 344 g/mol. The minimum atomic E-state index is -3.31. The lowest BCUT2D eigenvalue weighted by molar-refractivity contribution is 0.105. The number of ether oxygens (including phenoxy) is 1. The number of aliphatic hydroxyl groups is 2. The molecule has 1 aliphatic rings. The van der Waals surface area contributed by atoms with Gasteiger partial charge in [0.2, 0.25) is 0 Å². The van der Waals surface area contributed by atoms with E-state index in [1.54, 1.807) is 25.1 Å².